The largest absolute Gasteiger partial charge is 0.361 e. The molecule has 92 valence electrons. The molecule has 0 spiro atoms. The van der Waals surface area contributed by atoms with Crippen molar-refractivity contribution in [2.45, 2.75) is 13.0 Å². The van der Waals surface area contributed by atoms with Crippen LogP contribution in [0.3, 0.4) is 0 Å². The quantitative estimate of drug-likeness (QED) is 0.813. The van der Waals surface area contributed by atoms with Crippen molar-refractivity contribution < 1.29 is 9.32 Å². The Labute approximate surface area is 113 Å². The van der Waals surface area contributed by atoms with Gasteiger partial charge in [0.05, 0.1) is 12.7 Å². The highest BCUT2D eigenvalue weighted by molar-refractivity contribution is 9.10. The van der Waals surface area contributed by atoms with Gasteiger partial charge in [-0.2, -0.15) is 0 Å². The predicted octanol–water partition coefficient (Wildman–Crippen LogP) is 2.64. The number of rotatable bonds is 1. The van der Waals surface area contributed by atoms with Gasteiger partial charge in [-0.25, -0.2) is 0 Å². The minimum atomic E-state index is 0.0503. The van der Waals surface area contributed by atoms with Crippen molar-refractivity contribution in [3.05, 3.63) is 51.8 Å². The zero-order chi connectivity index (χ0) is 12.5. The van der Waals surface area contributed by atoms with Crippen molar-refractivity contribution in [3.63, 3.8) is 0 Å². The van der Waals surface area contributed by atoms with Crippen molar-refractivity contribution in [1.29, 1.82) is 0 Å². The van der Waals surface area contributed by atoms with E-state index in [1.165, 1.54) is 0 Å². The van der Waals surface area contributed by atoms with Crippen molar-refractivity contribution in [2.24, 2.45) is 0 Å². The van der Waals surface area contributed by atoms with E-state index in [0.717, 1.165) is 22.2 Å². The summed E-state index contributed by atoms with van der Waals surface area (Å²) in [7, 11) is 0. The van der Waals surface area contributed by atoms with Crippen LogP contribution in [-0.2, 0) is 13.0 Å². The van der Waals surface area contributed by atoms with E-state index in [0.29, 0.717) is 18.7 Å². The molecule has 1 aliphatic heterocycles. The van der Waals surface area contributed by atoms with Crippen LogP contribution in [0.25, 0.3) is 0 Å². The van der Waals surface area contributed by atoms with Gasteiger partial charge in [-0.05, 0) is 24.3 Å². The lowest BCUT2D eigenvalue weighted by molar-refractivity contribution is 0.0729. The van der Waals surface area contributed by atoms with Gasteiger partial charge in [-0.3, -0.25) is 4.79 Å². The van der Waals surface area contributed by atoms with Gasteiger partial charge in [-0.1, -0.05) is 21.1 Å². The molecule has 0 bridgehead atoms. The van der Waals surface area contributed by atoms with Gasteiger partial charge in [0.15, 0.2) is 0 Å². The van der Waals surface area contributed by atoms with Crippen LogP contribution in [0.1, 0.15) is 21.7 Å². The Morgan fingerprint density at radius 2 is 2.11 bits per heavy atom. The van der Waals surface area contributed by atoms with Gasteiger partial charge >= 0.3 is 0 Å². The first-order valence-electron chi connectivity index (χ1n) is 5.71. The number of aromatic nitrogens is 1. The second-order valence-electron chi connectivity index (χ2n) is 4.26. The summed E-state index contributed by atoms with van der Waals surface area (Å²) in [6, 6.07) is 7.41. The zero-order valence-corrected chi connectivity index (χ0v) is 11.2. The van der Waals surface area contributed by atoms with Crippen LogP contribution >= 0.6 is 15.9 Å². The van der Waals surface area contributed by atoms with Crippen LogP contribution in [0, 0.1) is 0 Å². The fraction of sp³-hybridized carbons (Fsp3) is 0.231. The number of amides is 1. The molecule has 2 heterocycles. The van der Waals surface area contributed by atoms with E-state index in [1.807, 2.05) is 29.2 Å². The maximum Gasteiger partial charge on any atom is 0.254 e. The Morgan fingerprint density at radius 1 is 1.33 bits per heavy atom. The summed E-state index contributed by atoms with van der Waals surface area (Å²) in [5, 5.41) is 3.76. The molecule has 1 amide bonds. The maximum absolute atomic E-state index is 12.3. The monoisotopic (exact) mass is 306 g/mol. The second-order valence-corrected chi connectivity index (χ2v) is 5.17. The maximum atomic E-state index is 12.3. The molecule has 1 aromatic carbocycles. The molecule has 0 saturated carbocycles. The van der Waals surface area contributed by atoms with Crippen LogP contribution in [0.15, 0.2) is 39.5 Å². The number of fused-ring (bicyclic) bond motifs is 1. The highest BCUT2D eigenvalue weighted by Gasteiger charge is 2.24. The minimum Gasteiger partial charge on any atom is -0.361 e. The molecule has 18 heavy (non-hydrogen) atoms. The van der Waals surface area contributed by atoms with Gasteiger partial charge in [-0.15, -0.1) is 0 Å². The molecular formula is C13H11BrN2O2. The number of hydrogen-bond acceptors (Lipinski definition) is 3. The first-order chi connectivity index (χ1) is 8.74. The summed E-state index contributed by atoms with van der Waals surface area (Å²) in [4.78, 5) is 14.1. The van der Waals surface area contributed by atoms with Crippen molar-refractivity contribution in [2.75, 3.05) is 6.54 Å². The van der Waals surface area contributed by atoms with E-state index in [4.69, 9.17) is 4.52 Å². The lowest BCUT2D eigenvalue weighted by atomic mass is 10.1. The molecular weight excluding hydrogens is 296 g/mol. The zero-order valence-electron chi connectivity index (χ0n) is 9.60. The predicted molar refractivity (Wildman–Crippen MR) is 69.1 cm³/mol. The minimum absolute atomic E-state index is 0.0503. The first-order valence-corrected chi connectivity index (χ1v) is 6.50. The summed E-state index contributed by atoms with van der Waals surface area (Å²) in [5.74, 6) is 0.948. The lowest BCUT2D eigenvalue weighted by Crippen LogP contribution is -2.35. The van der Waals surface area contributed by atoms with Crippen molar-refractivity contribution in [3.8, 4) is 0 Å². The van der Waals surface area contributed by atoms with Crippen LogP contribution in [0.5, 0.6) is 0 Å². The third-order valence-corrected chi connectivity index (χ3v) is 3.61. The Hall–Kier alpha value is -1.62. The summed E-state index contributed by atoms with van der Waals surface area (Å²) in [6.45, 7) is 1.25. The van der Waals surface area contributed by atoms with Gasteiger partial charge in [0.2, 0.25) is 0 Å². The van der Waals surface area contributed by atoms with Crippen molar-refractivity contribution >= 4 is 21.8 Å². The Morgan fingerprint density at radius 3 is 2.89 bits per heavy atom. The van der Waals surface area contributed by atoms with Crippen LogP contribution in [0.4, 0.5) is 0 Å². The van der Waals surface area contributed by atoms with E-state index in [-0.39, 0.29) is 5.91 Å². The number of carbonyl (C=O) groups excluding carboxylic acids is 1. The first kappa shape index (κ1) is 11.5. The fourth-order valence-corrected chi connectivity index (χ4v) is 2.35. The third kappa shape index (κ3) is 2.06. The number of benzene rings is 1. The Balaban J connectivity index is 1.80. The molecule has 0 fully saturated rings. The summed E-state index contributed by atoms with van der Waals surface area (Å²) in [5.41, 5.74) is 1.71. The Bertz CT molecular complexity index is 577. The average molecular weight is 307 g/mol. The summed E-state index contributed by atoms with van der Waals surface area (Å²) < 4.78 is 6.08. The van der Waals surface area contributed by atoms with Crippen molar-refractivity contribution in [1.82, 2.24) is 10.1 Å². The van der Waals surface area contributed by atoms with E-state index < -0.39 is 0 Å². The molecule has 0 unspecified atom stereocenters. The molecule has 0 atom stereocenters. The summed E-state index contributed by atoms with van der Waals surface area (Å²) >= 11 is 3.36. The molecule has 1 aromatic heterocycles. The smallest absolute Gasteiger partial charge is 0.254 e. The standard InChI is InChI=1S/C13H11BrN2O2/c14-11-3-1-9(2-4-11)13(17)16-6-5-12-10(8-16)7-15-18-12/h1-4,7H,5-6,8H2. The van der Waals surface area contributed by atoms with E-state index in [2.05, 4.69) is 21.1 Å². The molecule has 0 aliphatic carbocycles. The number of nitrogens with zero attached hydrogens (tertiary/aromatic N) is 2. The molecule has 0 radical (unpaired) electrons. The third-order valence-electron chi connectivity index (χ3n) is 3.08. The number of carbonyl (C=O) groups is 1. The molecule has 4 nitrogen and oxygen atoms in total. The van der Waals surface area contributed by atoms with Crippen LogP contribution in [-0.4, -0.2) is 22.5 Å². The fourth-order valence-electron chi connectivity index (χ4n) is 2.09. The molecule has 0 N–H and O–H groups in total. The molecule has 0 saturated heterocycles. The van der Waals surface area contributed by atoms with Gasteiger partial charge in [0.25, 0.3) is 5.91 Å². The van der Waals surface area contributed by atoms with Crippen LogP contribution in [0.2, 0.25) is 0 Å². The Kier molecular flexibility index (Phi) is 2.91. The number of halogens is 1. The molecule has 3 rings (SSSR count). The highest BCUT2D eigenvalue weighted by atomic mass is 79.9. The molecule has 1 aliphatic rings. The molecule has 5 heteroatoms. The van der Waals surface area contributed by atoms with E-state index in [1.54, 1.807) is 6.20 Å². The lowest BCUT2D eigenvalue weighted by Gasteiger charge is -2.25. The highest BCUT2D eigenvalue weighted by Crippen LogP contribution is 2.20. The second kappa shape index (κ2) is 4.57. The van der Waals surface area contributed by atoms with Gasteiger partial charge < -0.3 is 9.42 Å². The summed E-state index contributed by atoms with van der Waals surface area (Å²) in [6.07, 6.45) is 2.42. The van der Waals surface area contributed by atoms with Gasteiger partial charge in [0.1, 0.15) is 5.76 Å². The SMILES string of the molecule is O=C(c1ccc(Br)cc1)N1CCc2oncc2C1. The van der Waals surface area contributed by atoms with E-state index in [9.17, 15) is 4.79 Å². The topological polar surface area (TPSA) is 46.3 Å². The van der Waals surface area contributed by atoms with Gasteiger partial charge in [0, 0.05) is 28.6 Å². The normalized spacial score (nSPS) is 14.4. The number of hydrogen-bond donors (Lipinski definition) is 0. The molecule has 2 aromatic rings. The average Bonchev–Trinajstić information content (AvgIpc) is 2.86. The van der Waals surface area contributed by atoms with Crippen LogP contribution < -0.4 is 0 Å². The van der Waals surface area contributed by atoms with E-state index >= 15 is 0 Å².